The third-order valence-corrected chi connectivity index (χ3v) is 2.89. The molecule has 0 radical (unpaired) electrons. The van der Waals surface area contributed by atoms with E-state index in [-0.39, 0.29) is 6.04 Å². The van der Waals surface area contributed by atoms with E-state index in [1.54, 1.807) is 7.11 Å². The van der Waals surface area contributed by atoms with Gasteiger partial charge in [-0.05, 0) is 19.5 Å². The Balaban J connectivity index is 2.21. The van der Waals surface area contributed by atoms with Gasteiger partial charge in [-0.3, -0.25) is 4.68 Å². The van der Waals surface area contributed by atoms with Gasteiger partial charge in [-0.1, -0.05) is 6.92 Å². The molecule has 0 amide bonds. The number of methoxy groups -OCH3 is 1. The molecule has 2 rings (SSSR count). The highest BCUT2D eigenvalue weighted by Crippen LogP contribution is 2.20. The number of ether oxygens (including phenoxy) is 1. The van der Waals surface area contributed by atoms with E-state index in [1.807, 2.05) is 36.3 Å². The molecule has 0 aliphatic carbocycles. The lowest BCUT2D eigenvalue weighted by atomic mass is 10.1. The summed E-state index contributed by atoms with van der Waals surface area (Å²) in [4.78, 5) is 0. The van der Waals surface area contributed by atoms with Gasteiger partial charge in [0.2, 0.25) is 5.88 Å². The Morgan fingerprint density at radius 3 is 2.79 bits per heavy atom. The summed E-state index contributed by atoms with van der Waals surface area (Å²) in [5, 5.41) is 15.7. The highest BCUT2D eigenvalue weighted by atomic mass is 16.5. The third-order valence-electron chi connectivity index (χ3n) is 2.89. The number of aromatic nitrogens is 4. The molecule has 0 aliphatic heterocycles. The van der Waals surface area contributed by atoms with E-state index in [4.69, 9.17) is 4.74 Å². The first-order valence-corrected chi connectivity index (χ1v) is 6.35. The summed E-state index contributed by atoms with van der Waals surface area (Å²) in [6, 6.07) is 3.71. The second-order valence-corrected chi connectivity index (χ2v) is 4.26. The van der Waals surface area contributed by atoms with Crippen LogP contribution in [0.15, 0.2) is 24.5 Å². The Morgan fingerprint density at radius 2 is 2.21 bits per heavy atom. The number of hydrogen-bond acceptors (Lipinski definition) is 5. The van der Waals surface area contributed by atoms with Crippen LogP contribution in [-0.2, 0) is 6.54 Å². The lowest BCUT2D eigenvalue weighted by molar-refractivity contribution is 0.390. The standard InChI is InChI=1S/C13H19N5O/c1-4-7-18-9-10(8-15-18)13(14-2)11-5-6-12(19-3)17-16-11/h5-6,8-9,13-14H,4,7H2,1-3H3. The van der Waals surface area contributed by atoms with Gasteiger partial charge in [0.1, 0.15) is 0 Å². The van der Waals surface area contributed by atoms with Gasteiger partial charge in [-0.15, -0.1) is 10.2 Å². The lowest BCUT2D eigenvalue weighted by Crippen LogP contribution is -2.19. The molecular weight excluding hydrogens is 242 g/mol. The number of rotatable bonds is 6. The van der Waals surface area contributed by atoms with Crippen LogP contribution >= 0.6 is 0 Å². The van der Waals surface area contributed by atoms with E-state index in [9.17, 15) is 0 Å². The average Bonchev–Trinajstić information content (AvgIpc) is 2.89. The van der Waals surface area contributed by atoms with E-state index in [2.05, 4.69) is 27.5 Å². The Kier molecular flexibility index (Phi) is 4.46. The number of aryl methyl sites for hydroxylation is 1. The second-order valence-electron chi connectivity index (χ2n) is 4.26. The number of nitrogens with zero attached hydrogens (tertiary/aromatic N) is 4. The van der Waals surface area contributed by atoms with Crippen molar-refractivity contribution in [2.75, 3.05) is 14.2 Å². The van der Waals surface area contributed by atoms with Crippen molar-refractivity contribution in [3.8, 4) is 5.88 Å². The molecule has 1 atom stereocenters. The maximum absolute atomic E-state index is 5.01. The van der Waals surface area contributed by atoms with E-state index in [1.165, 1.54) is 0 Å². The summed E-state index contributed by atoms with van der Waals surface area (Å²) < 4.78 is 6.95. The Bertz CT molecular complexity index is 508. The molecule has 0 spiro atoms. The van der Waals surface area contributed by atoms with Crippen LogP contribution in [0.2, 0.25) is 0 Å². The SMILES string of the molecule is CCCn1cc(C(NC)c2ccc(OC)nn2)cn1. The molecule has 2 aromatic rings. The van der Waals surface area contributed by atoms with Gasteiger partial charge >= 0.3 is 0 Å². The molecule has 1 unspecified atom stereocenters. The first-order chi connectivity index (χ1) is 9.28. The molecule has 0 aliphatic rings. The van der Waals surface area contributed by atoms with Gasteiger partial charge in [0, 0.05) is 24.4 Å². The third kappa shape index (κ3) is 3.08. The summed E-state index contributed by atoms with van der Waals surface area (Å²) in [5.41, 5.74) is 1.93. The van der Waals surface area contributed by atoms with Gasteiger partial charge in [0.25, 0.3) is 0 Å². The quantitative estimate of drug-likeness (QED) is 0.851. The molecule has 0 bridgehead atoms. The average molecular weight is 261 g/mol. The molecule has 0 aromatic carbocycles. The second kappa shape index (κ2) is 6.29. The summed E-state index contributed by atoms with van der Waals surface area (Å²) >= 11 is 0. The summed E-state index contributed by atoms with van der Waals surface area (Å²) in [7, 11) is 3.47. The van der Waals surface area contributed by atoms with Crippen molar-refractivity contribution in [1.82, 2.24) is 25.3 Å². The van der Waals surface area contributed by atoms with Crippen LogP contribution in [0.3, 0.4) is 0 Å². The molecule has 6 heteroatoms. The zero-order valence-electron chi connectivity index (χ0n) is 11.5. The van der Waals surface area contributed by atoms with E-state index in [0.29, 0.717) is 5.88 Å². The van der Waals surface area contributed by atoms with Crippen LogP contribution < -0.4 is 10.1 Å². The van der Waals surface area contributed by atoms with Gasteiger partial charge < -0.3 is 10.1 Å². The summed E-state index contributed by atoms with van der Waals surface area (Å²) in [6.45, 7) is 3.05. The van der Waals surface area contributed by atoms with Gasteiger partial charge in [-0.25, -0.2) is 0 Å². The molecule has 0 saturated carbocycles. The number of nitrogens with one attached hydrogen (secondary N) is 1. The van der Waals surface area contributed by atoms with Crippen LogP contribution in [-0.4, -0.2) is 34.1 Å². The molecule has 1 N–H and O–H groups in total. The van der Waals surface area contributed by atoms with Crippen molar-refractivity contribution in [3.63, 3.8) is 0 Å². The molecule has 2 heterocycles. The fourth-order valence-electron chi connectivity index (χ4n) is 1.96. The predicted molar refractivity (Wildman–Crippen MR) is 72.0 cm³/mol. The van der Waals surface area contributed by atoms with Gasteiger partial charge in [0.15, 0.2) is 0 Å². The summed E-state index contributed by atoms with van der Waals surface area (Å²) in [6.07, 6.45) is 4.97. The first kappa shape index (κ1) is 13.5. The van der Waals surface area contributed by atoms with Crippen molar-refractivity contribution < 1.29 is 4.74 Å². The van der Waals surface area contributed by atoms with Crippen LogP contribution in [0.1, 0.15) is 30.6 Å². The van der Waals surface area contributed by atoms with Crippen LogP contribution in [0, 0.1) is 0 Å². The number of hydrogen-bond donors (Lipinski definition) is 1. The minimum absolute atomic E-state index is 0.0102. The minimum Gasteiger partial charge on any atom is -0.480 e. The molecular formula is C13H19N5O. The largest absolute Gasteiger partial charge is 0.480 e. The van der Waals surface area contributed by atoms with Crippen molar-refractivity contribution in [3.05, 3.63) is 35.8 Å². The molecule has 19 heavy (non-hydrogen) atoms. The smallest absolute Gasteiger partial charge is 0.233 e. The molecule has 2 aromatic heterocycles. The lowest BCUT2D eigenvalue weighted by Gasteiger charge is -2.13. The summed E-state index contributed by atoms with van der Waals surface area (Å²) in [5.74, 6) is 0.514. The molecule has 0 saturated heterocycles. The van der Waals surface area contributed by atoms with Crippen LogP contribution in [0.4, 0.5) is 0 Å². The zero-order valence-corrected chi connectivity index (χ0v) is 11.5. The van der Waals surface area contributed by atoms with Crippen molar-refractivity contribution >= 4 is 0 Å². The molecule has 6 nitrogen and oxygen atoms in total. The Labute approximate surface area is 112 Å². The highest BCUT2D eigenvalue weighted by molar-refractivity contribution is 5.24. The topological polar surface area (TPSA) is 64.9 Å². The van der Waals surface area contributed by atoms with E-state index >= 15 is 0 Å². The Hall–Kier alpha value is -1.95. The fraction of sp³-hybridized carbons (Fsp3) is 0.462. The Morgan fingerprint density at radius 1 is 1.37 bits per heavy atom. The normalized spacial score (nSPS) is 12.4. The highest BCUT2D eigenvalue weighted by Gasteiger charge is 2.16. The van der Waals surface area contributed by atoms with Crippen molar-refractivity contribution in [1.29, 1.82) is 0 Å². The fourth-order valence-corrected chi connectivity index (χ4v) is 1.96. The van der Waals surface area contributed by atoms with Crippen LogP contribution in [0.5, 0.6) is 5.88 Å². The van der Waals surface area contributed by atoms with E-state index < -0.39 is 0 Å². The van der Waals surface area contributed by atoms with E-state index in [0.717, 1.165) is 24.2 Å². The molecule has 102 valence electrons. The maximum Gasteiger partial charge on any atom is 0.233 e. The molecule has 0 fully saturated rings. The van der Waals surface area contributed by atoms with Gasteiger partial charge in [0.05, 0.1) is 25.0 Å². The van der Waals surface area contributed by atoms with Crippen molar-refractivity contribution in [2.45, 2.75) is 25.9 Å². The zero-order chi connectivity index (χ0) is 13.7. The first-order valence-electron chi connectivity index (χ1n) is 6.35. The monoisotopic (exact) mass is 261 g/mol. The van der Waals surface area contributed by atoms with Crippen LogP contribution in [0.25, 0.3) is 0 Å². The van der Waals surface area contributed by atoms with Crippen molar-refractivity contribution in [2.24, 2.45) is 0 Å². The predicted octanol–water partition coefficient (Wildman–Crippen LogP) is 1.40. The van der Waals surface area contributed by atoms with Gasteiger partial charge in [-0.2, -0.15) is 5.10 Å². The minimum atomic E-state index is -0.0102. The maximum atomic E-state index is 5.01.